The van der Waals surface area contributed by atoms with Gasteiger partial charge in [-0.2, -0.15) is 4.31 Å². The smallest absolute Gasteiger partial charge is 0.407 e. The molecule has 0 aliphatic carbocycles. The van der Waals surface area contributed by atoms with Crippen LogP contribution >= 0.6 is 11.6 Å². The van der Waals surface area contributed by atoms with Crippen LogP contribution in [-0.2, 0) is 14.8 Å². The van der Waals surface area contributed by atoms with Crippen molar-refractivity contribution in [1.82, 2.24) is 14.5 Å². The van der Waals surface area contributed by atoms with Gasteiger partial charge in [0.1, 0.15) is 6.61 Å². The van der Waals surface area contributed by atoms with Crippen LogP contribution in [0.2, 0.25) is 5.02 Å². The van der Waals surface area contributed by atoms with Gasteiger partial charge in [0.2, 0.25) is 10.0 Å². The van der Waals surface area contributed by atoms with E-state index in [-0.39, 0.29) is 23.6 Å². The molecule has 7 nitrogen and oxygen atoms in total. The van der Waals surface area contributed by atoms with Gasteiger partial charge in [0.25, 0.3) is 0 Å². The van der Waals surface area contributed by atoms with Gasteiger partial charge >= 0.3 is 6.09 Å². The lowest BCUT2D eigenvalue weighted by atomic mass is 9.96. The molecule has 2 aliphatic heterocycles. The van der Waals surface area contributed by atoms with E-state index in [1.165, 1.54) is 6.42 Å². The van der Waals surface area contributed by atoms with Gasteiger partial charge in [0, 0.05) is 23.7 Å². The Kier molecular flexibility index (Phi) is 9.22. The fourth-order valence-electron chi connectivity index (χ4n) is 4.93. The summed E-state index contributed by atoms with van der Waals surface area (Å²) in [6.45, 7) is 3.78. The number of alkyl carbamates (subject to hydrolysis) is 1. The normalized spacial score (nSPS) is 25.0. The molecule has 0 radical (unpaired) electrons. The zero-order valence-corrected chi connectivity index (χ0v) is 20.7. The molecular formula is C23H36ClN3O4S. The van der Waals surface area contributed by atoms with Gasteiger partial charge in [-0.25, -0.2) is 13.2 Å². The maximum atomic E-state index is 13.5. The average Bonchev–Trinajstić information content (AvgIpc) is 3.17. The van der Waals surface area contributed by atoms with E-state index in [1.54, 1.807) is 28.6 Å². The summed E-state index contributed by atoms with van der Waals surface area (Å²) in [7, 11) is -1.61. The number of ether oxygens (including phenoxy) is 1. The Labute approximate surface area is 197 Å². The Morgan fingerprint density at radius 3 is 2.44 bits per heavy atom. The maximum Gasteiger partial charge on any atom is 0.407 e. The standard InChI is InChI=1S/C23H36ClN3O4S/c1-3-6-20-7-4-8-21(27(20)32(29,30)22-12-10-18(24)11-13-22)17-31-23(28)25-15-14-19-9-5-16-26(19)2/h10-13,19-21H,3-9,14-17H2,1-2H3,(H,25,28)/t19?,20-,21-/m0/s1. The van der Waals surface area contributed by atoms with E-state index in [0.717, 1.165) is 45.1 Å². The molecule has 2 heterocycles. The van der Waals surface area contributed by atoms with Crippen LogP contribution in [0.15, 0.2) is 29.2 Å². The number of nitrogens with one attached hydrogen (secondary N) is 1. The van der Waals surface area contributed by atoms with Crippen molar-refractivity contribution < 1.29 is 17.9 Å². The lowest BCUT2D eigenvalue weighted by Crippen LogP contribution is -2.52. The van der Waals surface area contributed by atoms with Crippen molar-refractivity contribution in [3.8, 4) is 0 Å². The van der Waals surface area contributed by atoms with E-state index in [1.807, 2.05) is 0 Å². The fraction of sp³-hybridized carbons (Fsp3) is 0.696. The van der Waals surface area contributed by atoms with Crippen molar-refractivity contribution in [2.75, 3.05) is 26.7 Å². The minimum absolute atomic E-state index is 0.0577. The second-order valence-corrected chi connectivity index (χ2v) is 11.2. The third-order valence-corrected chi connectivity index (χ3v) is 8.90. The number of amides is 1. The molecular weight excluding hydrogens is 450 g/mol. The lowest BCUT2D eigenvalue weighted by molar-refractivity contribution is 0.0828. The Bertz CT molecular complexity index is 847. The van der Waals surface area contributed by atoms with Crippen LogP contribution in [0, 0.1) is 0 Å². The van der Waals surface area contributed by atoms with Gasteiger partial charge in [0.15, 0.2) is 0 Å². The highest BCUT2D eigenvalue weighted by atomic mass is 35.5. The molecule has 2 saturated heterocycles. The number of piperidine rings is 1. The summed E-state index contributed by atoms with van der Waals surface area (Å²) in [6, 6.07) is 6.31. The van der Waals surface area contributed by atoms with Gasteiger partial charge in [-0.15, -0.1) is 0 Å². The molecule has 0 bridgehead atoms. The van der Waals surface area contributed by atoms with Crippen LogP contribution < -0.4 is 5.32 Å². The third kappa shape index (κ3) is 6.37. The van der Waals surface area contributed by atoms with E-state index in [9.17, 15) is 13.2 Å². The number of nitrogens with zero attached hydrogens (tertiary/aromatic N) is 2. The minimum Gasteiger partial charge on any atom is -0.448 e. The second kappa shape index (κ2) is 11.7. The molecule has 2 fully saturated rings. The number of hydrogen-bond acceptors (Lipinski definition) is 5. The molecule has 1 aromatic rings. The Balaban J connectivity index is 1.62. The number of halogens is 1. The van der Waals surface area contributed by atoms with Crippen LogP contribution in [0.5, 0.6) is 0 Å². The number of carbonyl (C=O) groups excluding carboxylic acids is 1. The van der Waals surface area contributed by atoms with Gasteiger partial charge in [-0.1, -0.05) is 31.4 Å². The monoisotopic (exact) mass is 485 g/mol. The quantitative estimate of drug-likeness (QED) is 0.565. The molecule has 0 aromatic heterocycles. The lowest BCUT2D eigenvalue weighted by Gasteiger charge is -2.40. The molecule has 2 aliphatic rings. The van der Waals surface area contributed by atoms with E-state index in [4.69, 9.17) is 16.3 Å². The van der Waals surface area contributed by atoms with Crippen molar-refractivity contribution in [2.24, 2.45) is 0 Å². The highest BCUT2D eigenvalue weighted by molar-refractivity contribution is 7.89. The fourth-order valence-corrected chi connectivity index (χ4v) is 6.94. The summed E-state index contributed by atoms with van der Waals surface area (Å²) in [5.41, 5.74) is 0. The number of carbonyl (C=O) groups is 1. The molecule has 9 heteroatoms. The highest BCUT2D eigenvalue weighted by Gasteiger charge is 2.40. The first-order chi connectivity index (χ1) is 15.3. The summed E-state index contributed by atoms with van der Waals surface area (Å²) in [5.74, 6) is 0. The molecule has 3 rings (SSSR count). The first kappa shape index (κ1) is 25.3. The molecule has 1 amide bonds. The van der Waals surface area contributed by atoms with Crippen LogP contribution in [0.4, 0.5) is 4.79 Å². The van der Waals surface area contributed by atoms with Crippen molar-refractivity contribution in [1.29, 1.82) is 0 Å². The van der Waals surface area contributed by atoms with E-state index >= 15 is 0 Å². The van der Waals surface area contributed by atoms with E-state index in [0.29, 0.717) is 24.0 Å². The Hall–Kier alpha value is -1.35. The van der Waals surface area contributed by atoms with Gasteiger partial charge in [-0.3, -0.25) is 0 Å². The SMILES string of the molecule is CCC[C@H]1CCC[C@@H](COC(=O)NCCC2CCCN2C)N1S(=O)(=O)c1ccc(Cl)cc1. The van der Waals surface area contributed by atoms with Crippen LogP contribution in [0.3, 0.4) is 0 Å². The molecule has 3 atom stereocenters. The molecule has 0 saturated carbocycles. The van der Waals surface area contributed by atoms with E-state index < -0.39 is 16.1 Å². The predicted octanol–water partition coefficient (Wildman–Crippen LogP) is 4.26. The first-order valence-corrected chi connectivity index (χ1v) is 13.5. The molecule has 1 N–H and O–H groups in total. The maximum absolute atomic E-state index is 13.5. The number of likely N-dealkylation sites (tertiary alicyclic amines) is 1. The summed E-state index contributed by atoms with van der Waals surface area (Å²) < 4.78 is 34.1. The third-order valence-electron chi connectivity index (χ3n) is 6.63. The number of benzene rings is 1. The molecule has 1 aromatic carbocycles. The number of rotatable bonds is 9. The zero-order valence-electron chi connectivity index (χ0n) is 19.1. The van der Waals surface area contributed by atoms with Crippen molar-refractivity contribution in [2.45, 2.75) is 81.3 Å². The first-order valence-electron chi connectivity index (χ1n) is 11.7. The van der Waals surface area contributed by atoms with Gasteiger partial charge in [0.05, 0.1) is 10.9 Å². The van der Waals surface area contributed by atoms with Crippen molar-refractivity contribution in [3.63, 3.8) is 0 Å². The Morgan fingerprint density at radius 1 is 1.09 bits per heavy atom. The summed E-state index contributed by atoms with van der Waals surface area (Å²) >= 11 is 5.95. The van der Waals surface area contributed by atoms with Crippen molar-refractivity contribution in [3.05, 3.63) is 29.3 Å². The molecule has 180 valence electrons. The largest absolute Gasteiger partial charge is 0.448 e. The van der Waals surface area contributed by atoms with Crippen molar-refractivity contribution >= 4 is 27.7 Å². The van der Waals surface area contributed by atoms with Gasteiger partial charge in [-0.05, 0) is 76.4 Å². The predicted molar refractivity (Wildman–Crippen MR) is 126 cm³/mol. The number of hydrogen-bond donors (Lipinski definition) is 1. The topological polar surface area (TPSA) is 79.0 Å². The average molecular weight is 486 g/mol. The molecule has 1 unspecified atom stereocenters. The Morgan fingerprint density at radius 2 is 1.78 bits per heavy atom. The minimum atomic E-state index is -3.72. The summed E-state index contributed by atoms with van der Waals surface area (Å²) in [6.07, 6.45) is 6.85. The summed E-state index contributed by atoms with van der Waals surface area (Å²) in [4.78, 5) is 14.8. The second-order valence-electron chi connectivity index (χ2n) is 8.91. The van der Waals surface area contributed by atoms with Crippen LogP contribution in [0.1, 0.15) is 58.3 Å². The van der Waals surface area contributed by atoms with Gasteiger partial charge < -0.3 is 15.0 Å². The number of sulfonamides is 1. The zero-order chi connectivity index (χ0) is 23.1. The summed E-state index contributed by atoms with van der Waals surface area (Å²) in [5, 5.41) is 3.32. The van der Waals surface area contributed by atoms with E-state index in [2.05, 4.69) is 24.2 Å². The highest BCUT2D eigenvalue weighted by Crippen LogP contribution is 2.32. The molecule has 32 heavy (non-hydrogen) atoms. The van der Waals surface area contributed by atoms with Crippen LogP contribution in [0.25, 0.3) is 0 Å². The van der Waals surface area contributed by atoms with Crippen LogP contribution in [-0.4, -0.2) is 68.6 Å². The molecule has 0 spiro atoms.